The molecule has 0 radical (unpaired) electrons. The van der Waals surface area contributed by atoms with Crippen LogP contribution in [0.3, 0.4) is 0 Å². The average Bonchev–Trinajstić information content (AvgIpc) is 2.27. The molecule has 0 aliphatic heterocycles. The second-order valence-corrected chi connectivity index (χ2v) is 5.10. The quantitative estimate of drug-likeness (QED) is 0.461. The smallest absolute Gasteiger partial charge is 0.306 e. The van der Waals surface area contributed by atoms with Crippen LogP contribution in [0.2, 0.25) is 0 Å². The number of unbranched alkanes of at least 4 members (excludes halogenated alkanes) is 2. The van der Waals surface area contributed by atoms with E-state index in [0.717, 1.165) is 0 Å². The number of hydrogen-bond acceptors (Lipinski definition) is 3. The van der Waals surface area contributed by atoms with Crippen LogP contribution in [0.5, 0.6) is 0 Å². The first kappa shape index (κ1) is 20.4. The number of aliphatic carboxylic acids is 1. The molecule has 0 spiro atoms. The predicted molar refractivity (Wildman–Crippen MR) is 78.8 cm³/mol. The SMILES string of the molecule is C#CCCCC(=O)O.C#CCCCC(=O)OC(C)(C)C. The minimum atomic E-state index is -0.778. The molecule has 0 heterocycles. The summed E-state index contributed by atoms with van der Waals surface area (Å²) in [6.45, 7) is 5.56. The van der Waals surface area contributed by atoms with Gasteiger partial charge in [0, 0.05) is 25.7 Å². The molecule has 112 valence electrons. The lowest BCUT2D eigenvalue weighted by Gasteiger charge is -2.19. The molecule has 0 aromatic rings. The Morgan fingerprint density at radius 3 is 1.85 bits per heavy atom. The molecule has 4 nitrogen and oxygen atoms in total. The molecule has 0 saturated carbocycles. The van der Waals surface area contributed by atoms with Crippen molar-refractivity contribution in [1.29, 1.82) is 0 Å². The second-order valence-electron chi connectivity index (χ2n) is 5.10. The maximum absolute atomic E-state index is 11.0. The minimum absolute atomic E-state index is 0.169. The zero-order valence-corrected chi connectivity index (χ0v) is 12.6. The summed E-state index contributed by atoms with van der Waals surface area (Å²) in [5.74, 6) is 3.89. The van der Waals surface area contributed by atoms with Gasteiger partial charge in [-0.3, -0.25) is 9.59 Å². The molecule has 0 aliphatic carbocycles. The van der Waals surface area contributed by atoms with Gasteiger partial charge in [0.05, 0.1) is 0 Å². The summed E-state index contributed by atoms with van der Waals surface area (Å²) in [5, 5.41) is 8.07. The Hall–Kier alpha value is -1.94. The molecular weight excluding hydrogens is 256 g/mol. The van der Waals surface area contributed by atoms with Crippen molar-refractivity contribution in [3.05, 3.63) is 0 Å². The lowest BCUT2D eigenvalue weighted by molar-refractivity contribution is -0.154. The summed E-state index contributed by atoms with van der Waals surface area (Å²) in [4.78, 5) is 20.8. The summed E-state index contributed by atoms with van der Waals surface area (Å²) in [5.41, 5.74) is -0.382. The highest BCUT2D eigenvalue weighted by Crippen LogP contribution is 2.09. The van der Waals surface area contributed by atoms with Gasteiger partial charge in [0.15, 0.2) is 0 Å². The fraction of sp³-hybridized carbons (Fsp3) is 0.625. The van der Waals surface area contributed by atoms with E-state index in [1.807, 2.05) is 20.8 Å². The lowest BCUT2D eigenvalue weighted by atomic mass is 10.2. The van der Waals surface area contributed by atoms with Gasteiger partial charge in [-0.05, 0) is 33.6 Å². The molecule has 0 saturated heterocycles. The summed E-state index contributed by atoms with van der Waals surface area (Å²) < 4.78 is 5.08. The van der Waals surface area contributed by atoms with Crippen molar-refractivity contribution in [2.45, 2.75) is 64.9 Å². The molecule has 0 unspecified atom stereocenters. The van der Waals surface area contributed by atoms with Crippen LogP contribution in [0.15, 0.2) is 0 Å². The van der Waals surface area contributed by atoms with Gasteiger partial charge in [0.1, 0.15) is 5.60 Å². The zero-order valence-electron chi connectivity index (χ0n) is 12.6. The normalized spacial score (nSPS) is 9.45. The van der Waals surface area contributed by atoms with Crippen LogP contribution in [0, 0.1) is 24.7 Å². The van der Waals surface area contributed by atoms with Gasteiger partial charge in [0.2, 0.25) is 0 Å². The van der Waals surface area contributed by atoms with Gasteiger partial charge < -0.3 is 9.84 Å². The zero-order chi connectivity index (χ0) is 16.0. The highest BCUT2D eigenvalue weighted by Gasteiger charge is 2.15. The number of ether oxygens (including phenoxy) is 1. The number of terminal acetylenes is 2. The van der Waals surface area contributed by atoms with Gasteiger partial charge in [-0.1, -0.05) is 0 Å². The van der Waals surface area contributed by atoms with Crippen LogP contribution in [-0.4, -0.2) is 22.6 Å². The number of hydrogen-bond donors (Lipinski definition) is 1. The molecule has 0 fully saturated rings. The van der Waals surface area contributed by atoms with Crippen molar-refractivity contribution in [3.63, 3.8) is 0 Å². The van der Waals surface area contributed by atoms with Crippen molar-refractivity contribution in [3.8, 4) is 24.7 Å². The van der Waals surface area contributed by atoms with E-state index in [1.54, 1.807) is 0 Å². The number of carboxylic acids is 1. The monoisotopic (exact) mass is 280 g/mol. The van der Waals surface area contributed by atoms with Gasteiger partial charge in [-0.15, -0.1) is 24.7 Å². The second kappa shape index (κ2) is 12.1. The average molecular weight is 280 g/mol. The van der Waals surface area contributed by atoms with Crippen molar-refractivity contribution in [1.82, 2.24) is 0 Å². The molecule has 0 bridgehead atoms. The number of carboxylic acid groups (broad SMARTS) is 1. The maximum Gasteiger partial charge on any atom is 0.306 e. The van der Waals surface area contributed by atoms with E-state index in [9.17, 15) is 9.59 Å². The molecule has 0 aromatic heterocycles. The molecular formula is C16H24O4. The summed E-state index contributed by atoms with van der Waals surface area (Å²) >= 11 is 0. The Bertz CT molecular complexity index is 363. The third-order valence-electron chi connectivity index (χ3n) is 1.83. The molecule has 0 aromatic carbocycles. The Balaban J connectivity index is 0. The van der Waals surface area contributed by atoms with E-state index in [4.69, 9.17) is 22.7 Å². The first-order valence-corrected chi connectivity index (χ1v) is 6.53. The number of esters is 1. The van der Waals surface area contributed by atoms with Crippen LogP contribution in [0.25, 0.3) is 0 Å². The van der Waals surface area contributed by atoms with Crippen molar-refractivity contribution < 1.29 is 19.4 Å². The van der Waals surface area contributed by atoms with E-state index in [2.05, 4.69) is 11.8 Å². The van der Waals surface area contributed by atoms with E-state index in [1.165, 1.54) is 0 Å². The van der Waals surface area contributed by atoms with Crippen LogP contribution >= 0.6 is 0 Å². The fourth-order valence-corrected chi connectivity index (χ4v) is 1.07. The number of carbonyl (C=O) groups excluding carboxylic acids is 1. The number of carbonyl (C=O) groups is 2. The topological polar surface area (TPSA) is 63.6 Å². The van der Waals surface area contributed by atoms with Gasteiger partial charge >= 0.3 is 11.9 Å². The molecule has 0 rings (SSSR count). The van der Waals surface area contributed by atoms with Crippen LogP contribution in [-0.2, 0) is 14.3 Å². The molecule has 1 N–H and O–H groups in total. The first-order valence-electron chi connectivity index (χ1n) is 6.53. The highest BCUT2D eigenvalue weighted by molar-refractivity contribution is 5.69. The third kappa shape index (κ3) is 21.4. The maximum atomic E-state index is 11.0. The summed E-state index contributed by atoms with van der Waals surface area (Å²) in [6.07, 6.45) is 13.0. The van der Waals surface area contributed by atoms with Crippen LogP contribution in [0.4, 0.5) is 0 Å². The van der Waals surface area contributed by atoms with E-state index >= 15 is 0 Å². The predicted octanol–water partition coefficient (Wildman–Crippen LogP) is 3.01. The fourth-order valence-electron chi connectivity index (χ4n) is 1.07. The number of rotatable bonds is 6. The van der Waals surface area contributed by atoms with E-state index < -0.39 is 5.97 Å². The van der Waals surface area contributed by atoms with Crippen molar-refractivity contribution >= 4 is 11.9 Å². The molecule has 0 atom stereocenters. The van der Waals surface area contributed by atoms with Crippen molar-refractivity contribution in [2.75, 3.05) is 0 Å². The third-order valence-corrected chi connectivity index (χ3v) is 1.83. The lowest BCUT2D eigenvalue weighted by Crippen LogP contribution is -2.23. The Morgan fingerprint density at radius 1 is 1.05 bits per heavy atom. The van der Waals surface area contributed by atoms with Gasteiger partial charge in [-0.2, -0.15) is 0 Å². The summed E-state index contributed by atoms with van der Waals surface area (Å²) in [6, 6.07) is 0. The molecule has 0 amide bonds. The molecule has 0 aliphatic rings. The highest BCUT2D eigenvalue weighted by atomic mass is 16.6. The van der Waals surface area contributed by atoms with Crippen molar-refractivity contribution in [2.24, 2.45) is 0 Å². The minimum Gasteiger partial charge on any atom is -0.481 e. The largest absolute Gasteiger partial charge is 0.481 e. The Morgan fingerprint density at radius 2 is 1.50 bits per heavy atom. The van der Waals surface area contributed by atoms with Crippen LogP contribution < -0.4 is 0 Å². The van der Waals surface area contributed by atoms with E-state index in [-0.39, 0.29) is 18.0 Å². The van der Waals surface area contributed by atoms with Gasteiger partial charge in [0.25, 0.3) is 0 Å². The first-order chi connectivity index (χ1) is 9.22. The Labute approximate surface area is 121 Å². The van der Waals surface area contributed by atoms with Crippen LogP contribution in [0.1, 0.15) is 59.3 Å². The standard InChI is InChI=1S/C10H16O2.C6H8O2/c1-5-6-7-8-9(11)12-10(2,3)4;1-2-3-4-5-6(7)8/h1H,6-8H2,2-4H3;1H,3-5H2,(H,7,8). The Kier molecular flexibility index (Phi) is 12.3. The van der Waals surface area contributed by atoms with Gasteiger partial charge in [-0.25, -0.2) is 0 Å². The van der Waals surface area contributed by atoms with E-state index in [0.29, 0.717) is 32.1 Å². The summed E-state index contributed by atoms with van der Waals surface area (Å²) in [7, 11) is 0. The molecule has 4 heteroatoms. The molecule has 20 heavy (non-hydrogen) atoms.